The first-order valence-corrected chi connectivity index (χ1v) is 11.4. The number of aromatic nitrogens is 2. The van der Waals surface area contributed by atoms with Crippen molar-refractivity contribution in [1.29, 1.82) is 0 Å². The lowest BCUT2D eigenvalue weighted by Crippen LogP contribution is -2.54. The molecular weight excluding hydrogens is 418 g/mol. The Hall–Kier alpha value is -3.39. The monoisotopic (exact) mass is 447 g/mol. The molecule has 0 bridgehead atoms. The second-order valence-corrected chi connectivity index (χ2v) is 8.85. The molecule has 0 aliphatic carbocycles. The maximum atomic E-state index is 13.3. The summed E-state index contributed by atoms with van der Waals surface area (Å²) in [6.07, 6.45) is 3.68. The maximum absolute atomic E-state index is 13.3. The minimum atomic E-state index is -0.217. The average Bonchev–Trinajstić information content (AvgIpc) is 2.82. The summed E-state index contributed by atoms with van der Waals surface area (Å²) < 4.78 is 11.0. The Morgan fingerprint density at radius 2 is 2.03 bits per heavy atom. The zero-order valence-corrected chi connectivity index (χ0v) is 19.2. The number of amides is 1. The third kappa shape index (κ3) is 4.30. The van der Waals surface area contributed by atoms with E-state index in [0.29, 0.717) is 23.2 Å². The number of ether oxygens (including phenoxy) is 2. The molecule has 5 rings (SSSR count). The molecule has 2 N–H and O–H groups in total. The Kier molecular flexibility index (Phi) is 5.76. The highest BCUT2D eigenvalue weighted by Gasteiger charge is 2.25. The molecule has 0 unspecified atom stereocenters. The summed E-state index contributed by atoms with van der Waals surface area (Å²) in [5, 5.41) is 7.43. The van der Waals surface area contributed by atoms with Crippen molar-refractivity contribution < 1.29 is 14.3 Å². The van der Waals surface area contributed by atoms with E-state index in [2.05, 4.69) is 39.3 Å². The lowest BCUT2D eigenvalue weighted by atomic mass is 10.0. The van der Waals surface area contributed by atoms with Crippen molar-refractivity contribution in [3.63, 3.8) is 0 Å². The molecule has 0 saturated carbocycles. The van der Waals surface area contributed by atoms with Gasteiger partial charge >= 0.3 is 6.01 Å². The van der Waals surface area contributed by atoms with E-state index in [1.54, 1.807) is 6.20 Å². The number of carbonyl (C=O) groups is 1. The molecular formula is C25H29N5O3. The Bertz CT molecular complexity index is 1190. The van der Waals surface area contributed by atoms with Gasteiger partial charge in [-0.1, -0.05) is 0 Å². The van der Waals surface area contributed by atoms with Gasteiger partial charge in [-0.15, -0.1) is 0 Å². The molecule has 3 aromatic rings. The number of piperazine rings is 1. The number of methoxy groups -OCH3 is 1. The van der Waals surface area contributed by atoms with Crippen molar-refractivity contribution in [2.24, 2.45) is 0 Å². The van der Waals surface area contributed by atoms with Crippen molar-refractivity contribution in [1.82, 2.24) is 15.3 Å². The van der Waals surface area contributed by atoms with E-state index in [1.165, 1.54) is 7.11 Å². The smallest absolute Gasteiger partial charge is 0.316 e. The highest BCUT2D eigenvalue weighted by molar-refractivity contribution is 6.13. The standard InChI is InChI=1S/C25H29N5O3/c1-15-13-30(14-16(2)27-15)21-8-7-19(23-20(21)12-26-25(29-23)32-3)24(31)28-18-6-9-22-17(11-18)5-4-10-33-22/h6-9,11-12,15-16,27H,4-5,10,13-14H2,1-3H3,(H,28,31)/t15-,16-/m1/s1. The summed E-state index contributed by atoms with van der Waals surface area (Å²) in [5.41, 5.74) is 3.95. The van der Waals surface area contributed by atoms with Gasteiger partial charge in [-0.05, 0) is 62.6 Å². The summed E-state index contributed by atoms with van der Waals surface area (Å²) in [6, 6.07) is 10.6. The van der Waals surface area contributed by atoms with Crippen LogP contribution in [0.5, 0.6) is 11.8 Å². The average molecular weight is 448 g/mol. The Labute approximate surface area is 193 Å². The summed E-state index contributed by atoms with van der Waals surface area (Å²) in [4.78, 5) is 24.5. The molecule has 1 aromatic heterocycles. The SMILES string of the molecule is COc1ncc2c(N3C[C@@H](C)N[C@H](C)C3)ccc(C(=O)Nc3ccc4c(c3)CCCO4)c2n1. The fraction of sp³-hybridized carbons (Fsp3) is 0.400. The van der Waals surface area contributed by atoms with E-state index in [9.17, 15) is 4.79 Å². The first-order valence-electron chi connectivity index (χ1n) is 11.4. The summed E-state index contributed by atoms with van der Waals surface area (Å²) in [6.45, 7) is 6.83. The maximum Gasteiger partial charge on any atom is 0.316 e. The number of aryl methyl sites for hydroxylation is 1. The highest BCUT2D eigenvalue weighted by atomic mass is 16.5. The fourth-order valence-corrected chi connectivity index (χ4v) is 4.81. The molecule has 3 heterocycles. The molecule has 172 valence electrons. The van der Waals surface area contributed by atoms with Gasteiger partial charge < -0.3 is 25.0 Å². The zero-order valence-electron chi connectivity index (χ0n) is 19.2. The van der Waals surface area contributed by atoms with Gasteiger partial charge in [-0.2, -0.15) is 4.98 Å². The van der Waals surface area contributed by atoms with Gasteiger partial charge in [0.15, 0.2) is 0 Å². The molecule has 33 heavy (non-hydrogen) atoms. The van der Waals surface area contributed by atoms with Crippen LogP contribution in [-0.4, -0.2) is 54.8 Å². The number of hydrogen-bond donors (Lipinski definition) is 2. The fourth-order valence-electron chi connectivity index (χ4n) is 4.81. The highest BCUT2D eigenvalue weighted by Crippen LogP contribution is 2.32. The third-order valence-corrected chi connectivity index (χ3v) is 6.20. The van der Waals surface area contributed by atoms with Crippen LogP contribution < -0.4 is 25.0 Å². The van der Waals surface area contributed by atoms with E-state index in [0.717, 1.165) is 60.6 Å². The van der Waals surface area contributed by atoms with Crippen molar-refractivity contribution in [3.8, 4) is 11.8 Å². The van der Waals surface area contributed by atoms with Gasteiger partial charge in [0.05, 0.1) is 24.8 Å². The van der Waals surface area contributed by atoms with E-state index >= 15 is 0 Å². The molecule has 8 heteroatoms. The molecule has 0 spiro atoms. The van der Waals surface area contributed by atoms with E-state index < -0.39 is 0 Å². The minimum absolute atomic E-state index is 0.217. The molecule has 2 aliphatic rings. The molecule has 8 nitrogen and oxygen atoms in total. The van der Waals surface area contributed by atoms with Gasteiger partial charge in [-0.3, -0.25) is 4.79 Å². The van der Waals surface area contributed by atoms with Crippen molar-refractivity contribution in [2.75, 3.05) is 37.0 Å². The molecule has 2 aliphatic heterocycles. The van der Waals surface area contributed by atoms with Crippen LogP contribution in [0, 0.1) is 0 Å². The molecule has 1 amide bonds. The van der Waals surface area contributed by atoms with Crippen LogP contribution in [0.3, 0.4) is 0 Å². The van der Waals surface area contributed by atoms with Gasteiger partial charge in [0.2, 0.25) is 0 Å². The van der Waals surface area contributed by atoms with Crippen LogP contribution in [0.25, 0.3) is 10.9 Å². The van der Waals surface area contributed by atoms with Crippen LogP contribution in [-0.2, 0) is 6.42 Å². The normalized spacial score (nSPS) is 20.2. The first-order chi connectivity index (χ1) is 16.0. The number of hydrogen-bond acceptors (Lipinski definition) is 7. The van der Waals surface area contributed by atoms with Crippen LogP contribution in [0.15, 0.2) is 36.5 Å². The topological polar surface area (TPSA) is 88.6 Å². The summed E-state index contributed by atoms with van der Waals surface area (Å²) in [5.74, 6) is 0.678. The van der Waals surface area contributed by atoms with Crippen molar-refractivity contribution >= 4 is 28.2 Å². The Morgan fingerprint density at radius 3 is 2.82 bits per heavy atom. The number of benzene rings is 2. The van der Waals surface area contributed by atoms with Gasteiger partial charge in [-0.25, -0.2) is 4.98 Å². The number of nitrogens with zero attached hydrogens (tertiary/aromatic N) is 3. The Balaban J connectivity index is 1.50. The first kappa shape index (κ1) is 21.5. The predicted molar refractivity (Wildman–Crippen MR) is 129 cm³/mol. The zero-order chi connectivity index (χ0) is 22.9. The molecule has 1 saturated heterocycles. The number of carbonyl (C=O) groups excluding carboxylic acids is 1. The van der Waals surface area contributed by atoms with Crippen LogP contribution in [0.4, 0.5) is 11.4 Å². The second kappa shape index (κ2) is 8.86. The molecule has 0 radical (unpaired) electrons. The van der Waals surface area contributed by atoms with Crippen LogP contribution in [0.2, 0.25) is 0 Å². The number of nitrogens with one attached hydrogen (secondary N) is 2. The van der Waals surface area contributed by atoms with Gasteiger partial charge in [0, 0.05) is 48.1 Å². The quantitative estimate of drug-likeness (QED) is 0.634. The third-order valence-electron chi connectivity index (χ3n) is 6.20. The minimum Gasteiger partial charge on any atom is -0.493 e. The van der Waals surface area contributed by atoms with Crippen molar-refractivity contribution in [3.05, 3.63) is 47.7 Å². The summed E-state index contributed by atoms with van der Waals surface area (Å²) >= 11 is 0. The lowest BCUT2D eigenvalue weighted by molar-refractivity contribution is 0.102. The number of rotatable bonds is 4. The second-order valence-electron chi connectivity index (χ2n) is 8.85. The van der Waals surface area contributed by atoms with Crippen molar-refractivity contribution in [2.45, 2.75) is 38.8 Å². The van der Waals surface area contributed by atoms with Crippen LogP contribution in [0.1, 0.15) is 36.2 Å². The lowest BCUT2D eigenvalue weighted by Gasteiger charge is -2.38. The predicted octanol–water partition coefficient (Wildman–Crippen LogP) is 3.40. The number of anilines is 2. The van der Waals surface area contributed by atoms with Crippen LogP contribution >= 0.6 is 0 Å². The molecule has 2 atom stereocenters. The Morgan fingerprint density at radius 1 is 1.21 bits per heavy atom. The van der Waals surface area contributed by atoms with E-state index in [1.807, 2.05) is 30.3 Å². The van der Waals surface area contributed by atoms with Gasteiger partial charge in [0.1, 0.15) is 5.75 Å². The molecule has 2 aromatic carbocycles. The van der Waals surface area contributed by atoms with E-state index in [4.69, 9.17) is 9.47 Å². The largest absolute Gasteiger partial charge is 0.493 e. The molecule has 1 fully saturated rings. The van der Waals surface area contributed by atoms with Gasteiger partial charge in [0.25, 0.3) is 5.91 Å². The van der Waals surface area contributed by atoms with E-state index in [-0.39, 0.29) is 11.9 Å². The summed E-state index contributed by atoms with van der Waals surface area (Å²) in [7, 11) is 1.53. The number of fused-ring (bicyclic) bond motifs is 2.